The Kier molecular flexibility index (Phi) is 5.36. The Bertz CT molecular complexity index is 1090. The van der Waals surface area contributed by atoms with Crippen LogP contribution in [-0.2, 0) is 0 Å². The molecular formula is C24H19ClN2O. The number of nitrogens with one attached hydrogen (secondary N) is 1. The number of fused-ring (bicyclic) bond motifs is 1. The van der Waals surface area contributed by atoms with Crippen LogP contribution in [0.2, 0.25) is 5.02 Å². The van der Waals surface area contributed by atoms with Crippen LogP contribution in [-0.4, -0.2) is 10.8 Å². The summed E-state index contributed by atoms with van der Waals surface area (Å²) in [6.45, 7) is 0. The van der Waals surface area contributed by atoms with E-state index in [2.05, 4.69) is 34.6 Å². The van der Waals surface area contributed by atoms with Gasteiger partial charge in [-0.05, 0) is 58.8 Å². The Morgan fingerprint density at radius 1 is 0.929 bits per heavy atom. The number of carbonyl (C=O) groups is 1. The topological polar surface area (TPSA) is 42.0 Å². The number of benzene rings is 3. The highest BCUT2D eigenvalue weighted by atomic mass is 35.5. The van der Waals surface area contributed by atoms with Gasteiger partial charge in [0, 0.05) is 35.1 Å². The first kappa shape index (κ1) is 18.2. The first-order valence-corrected chi connectivity index (χ1v) is 9.51. The molecule has 28 heavy (non-hydrogen) atoms. The van der Waals surface area contributed by atoms with Crippen molar-refractivity contribution >= 4 is 33.8 Å². The molecule has 0 spiro atoms. The molecular weight excluding hydrogens is 368 g/mol. The van der Waals surface area contributed by atoms with Gasteiger partial charge >= 0.3 is 0 Å². The molecule has 4 aromatic rings. The van der Waals surface area contributed by atoms with E-state index in [0.717, 1.165) is 16.6 Å². The Hall–Kier alpha value is -3.17. The number of anilines is 1. The van der Waals surface area contributed by atoms with Crippen molar-refractivity contribution in [2.75, 3.05) is 5.32 Å². The zero-order valence-corrected chi connectivity index (χ0v) is 15.9. The van der Waals surface area contributed by atoms with E-state index in [1.54, 1.807) is 36.7 Å². The molecule has 3 nitrogen and oxygen atoms in total. The summed E-state index contributed by atoms with van der Waals surface area (Å²) >= 11 is 5.94. The van der Waals surface area contributed by atoms with E-state index in [1.807, 2.05) is 30.3 Å². The van der Waals surface area contributed by atoms with Gasteiger partial charge in [-0.3, -0.25) is 9.78 Å². The minimum Gasteiger partial charge on any atom is -0.378 e. The third kappa shape index (κ3) is 4.21. The smallest absolute Gasteiger partial charge is 0.165 e. The van der Waals surface area contributed by atoms with E-state index in [0.29, 0.717) is 17.0 Å². The molecule has 0 radical (unpaired) electrons. The minimum absolute atomic E-state index is 0.0545. The largest absolute Gasteiger partial charge is 0.378 e. The number of pyridine rings is 1. The number of rotatable bonds is 6. The maximum Gasteiger partial charge on any atom is 0.165 e. The van der Waals surface area contributed by atoms with Gasteiger partial charge in [0.25, 0.3) is 0 Å². The fraction of sp³-hybridized carbons (Fsp3) is 0.0833. The highest BCUT2D eigenvalue weighted by Gasteiger charge is 2.18. The number of carbonyl (C=O) groups excluding carboxylic acids is 1. The van der Waals surface area contributed by atoms with E-state index >= 15 is 0 Å². The molecule has 4 heteroatoms. The maximum atomic E-state index is 12.8. The van der Waals surface area contributed by atoms with Crippen molar-refractivity contribution in [3.8, 4) is 0 Å². The number of Topliss-reactive ketones (excluding diaryl/α,β-unsaturated/α-hetero) is 1. The molecule has 1 heterocycles. The summed E-state index contributed by atoms with van der Waals surface area (Å²) in [7, 11) is 0. The number of aromatic nitrogens is 1. The molecule has 0 saturated heterocycles. The number of ketones is 1. The summed E-state index contributed by atoms with van der Waals surface area (Å²) in [4.78, 5) is 17.1. The zero-order valence-electron chi connectivity index (χ0n) is 15.2. The van der Waals surface area contributed by atoms with Gasteiger partial charge in [-0.15, -0.1) is 0 Å². The average Bonchev–Trinajstić information content (AvgIpc) is 2.74. The van der Waals surface area contributed by atoms with Crippen LogP contribution < -0.4 is 5.32 Å². The first-order chi connectivity index (χ1) is 13.7. The van der Waals surface area contributed by atoms with Crippen molar-refractivity contribution in [3.63, 3.8) is 0 Å². The summed E-state index contributed by atoms with van der Waals surface area (Å²) in [5.74, 6) is 0.0545. The third-order valence-corrected chi connectivity index (χ3v) is 4.98. The third-order valence-electron chi connectivity index (χ3n) is 4.73. The van der Waals surface area contributed by atoms with Crippen LogP contribution in [0.4, 0.5) is 5.69 Å². The van der Waals surface area contributed by atoms with E-state index in [1.165, 1.54) is 5.39 Å². The van der Waals surface area contributed by atoms with Gasteiger partial charge < -0.3 is 5.32 Å². The highest BCUT2D eigenvalue weighted by molar-refractivity contribution is 6.30. The summed E-state index contributed by atoms with van der Waals surface area (Å²) in [5.41, 5.74) is 2.59. The Labute approximate surface area is 169 Å². The van der Waals surface area contributed by atoms with Crippen molar-refractivity contribution in [1.29, 1.82) is 0 Å². The molecule has 0 amide bonds. The lowest BCUT2D eigenvalue weighted by molar-refractivity contribution is 0.0976. The number of halogens is 1. The van der Waals surface area contributed by atoms with Crippen molar-refractivity contribution < 1.29 is 4.79 Å². The van der Waals surface area contributed by atoms with Crippen molar-refractivity contribution in [3.05, 3.63) is 107 Å². The van der Waals surface area contributed by atoms with Gasteiger partial charge in [-0.25, -0.2) is 0 Å². The number of nitrogens with zero attached hydrogens (tertiary/aromatic N) is 1. The molecule has 0 bridgehead atoms. The second-order valence-electron chi connectivity index (χ2n) is 6.68. The van der Waals surface area contributed by atoms with Crippen LogP contribution in [0, 0.1) is 0 Å². The molecule has 138 valence electrons. The van der Waals surface area contributed by atoms with Crippen molar-refractivity contribution in [2.45, 2.75) is 12.5 Å². The van der Waals surface area contributed by atoms with Gasteiger partial charge in [0.1, 0.15) is 0 Å². The second-order valence-corrected chi connectivity index (χ2v) is 7.12. The SMILES string of the molecule is O=C(C[C@@H](Nc1ccc2ccccc2c1)c1cccnc1)c1ccc(Cl)cc1. The van der Waals surface area contributed by atoms with Crippen LogP contribution in [0.3, 0.4) is 0 Å². The molecule has 0 aliphatic carbocycles. The van der Waals surface area contributed by atoms with Crippen LogP contribution in [0.5, 0.6) is 0 Å². The lowest BCUT2D eigenvalue weighted by Crippen LogP contribution is -2.16. The Balaban J connectivity index is 1.61. The molecule has 0 aliphatic rings. The van der Waals surface area contributed by atoms with Gasteiger partial charge in [0.05, 0.1) is 6.04 Å². The van der Waals surface area contributed by atoms with Gasteiger partial charge in [0.15, 0.2) is 5.78 Å². The molecule has 0 unspecified atom stereocenters. The molecule has 0 saturated carbocycles. The van der Waals surface area contributed by atoms with E-state index in [9.17, 15) is 4.79 Å². The lowest BCUT2D eigenvalue weighted by atomic mass is 9.98. The maximum absolute atomic E-state index is 12.8. The fourth-order valence-electron chi connectivity index (χ4n) is 3.25. The van der Waals surface area contributed by atoms with E-state index in [-0.39, 0.29) is 11.8 Å². The molecule has 0 aliphatic heterocycles. The van der Waals surface area contributed by atoms with Gasteiger partial charge in [0.2, 0.25) is 0 Å². The van der Waals surface area contributed by atoms with Crippen LogP contribution in [0.1, 0.15) is 28.4 Å². The highest BCUT2D eigenvalue weighted by Crippen LogP contribution is 2.26. The van der Waals surface area contributed by atoms with E-state index in [4.69, 9.17) is 11.6 Å². The van der Waals surface area contributed by atoms with E-state index < -0.39 is 0 Å². The fourth-order valence-corrected chi connectivity index (χ4v) is 3.38. The van der Waals surface area contributed by atoms with Crippen LogP contribution in [0.25, 0.3) is 10.8 Å². The molecule has 4 rings (SSSR count). The van der Waals surface area contributed by atoms with Crippen LogP contribution in [0.15, 0.2) is 91.3 Å². The van der Waals surface area contributed by atoms with Crippen molar-refractivity contribution in [2.24, 2.45) is 0 Å². The monoisotopic (exact) mass is 386 g/mol. The van der Waals surface area contributed by atoms with Crippen LogP contribution >= 0.6 is 11.6 Å². The minimum atomic E-state index is -0.182. The predicted molar refractivity (Wildman–Crippen MR) is 115 cm³/mol. The molecule has 1 aromatic heterocycles. The normalized spacial score (nSPS) is 11.9. The zero-order chi connectivity index (χ0) is 19.3. The quantitative estimate of drug-likeness (QED) is 0.394. The summed E-state index contributed by atoms with van der Waals surface area (Å²) in [5, 5.41) is 6.47. The van der Waals surface area contributed by atoms with Crippen molar-refractivity contribution in [1.82, 2.24) is 4.98 Å². The number of hydrogen-bond acceptors (Lipinski definition) is 3. The molecule has 0 fully saturated rings. The number of hydrogen-bond donors (Lipinski definition) is 1. The summed E-state index contributed by atoms with van der Waals surface area (Å²) in [6, 6.07) is 25.1. The summed E-state index contributed by atoms with van der Waals surface area (Å²) < 4.78 is 0. The first-order valence-electron chi connectivity index (χ1n) is 9.13. The van der Waals surface area contributed by atoms with Gasteiger partial charge in [-0.1, -0.05) is 48.0 Å². The lowest BCUT2D eigenvalue weighted by Gasteiger charge is -2.20. The standard InChI is InChI=1S/C24H19ClN2O/c25-21-10-7-18(8-11-21)24(28)15-23(20-6-3-13-26-16-20)27-22-12-9-17-4-1-2-5-19(17)14-22/h1-14,16,23,27H,15H2/t23-/m1/s1. The molecule has 1 atom stereocenters. The Morgan fingerprint density at radius 2 is 1.71 bits per heavy atom. The van der Waals surface area contributed by atoms with Gasteiger partial charge in [-0.2, -0.15) is 0 Å². The average molecular weight is 387 g/mol. The molecule has 1 N–H and O–H groups in total. The molecule has 3 aromatic carbocycles. The second kappa shape index (κ2) is 8.24. The Morgan fingerprint density at radius 3 is 2.46 bits per heavy atom. The predicted octanol–water partition coefficient (Wildman–Crippen LogP) is 6.31. The summed E-state index contributed by atoms with van der Waals surface area (Å²) in [6.07, 6.45) is 3.85.